The number of phenols is 3. The van der Waals surface area contributed by atoms with Crippen LogP contribution in [0.25, 0.3) is 0 Å². The Labute approximate surface area is 147 Å². The molecule has 0 aliphatic carbocycles. The summed E-state index contributed by atoms with van der Waals surface area (Å²) in [4.78, 5) is 0. The van der Waals surface area contributed by atoms with Gasteiger partial charge in [-0.15, -0.1) is 17.0 Å². The molecule has 0 saturated carbocycles. The number of benzene rings is 2. The lowest BCUT2D eigenvalue weighted by Gasteiger charge is -2.14. The number of nitrogens with one attached hydrogen (secondary N) is 1. The van der Waals surface area contributed by atoms with Crippen LogP contribution in [0.5, 0.6) is 17.2 Å². The van der Waals surface area contributed by atoms with Crippen molar-refractivity contribution in [2.45, 2.75) is 32.2 Å². The van der Waals surface area contributed by atoms with Gasteiger partial charge in [0.25, 0.3) is 0 Å². The lowest BCUT2D eigenvalue weighted by atomic mass is 10.1. The molecule has 126 valence electrons. The third-order valence-electron chi connectivity index (χ3n) is 3.75. The second-order valence-electron chi connectivity index (χ2n) is 5.63. The highest BCUT2D eigenvalue weighted by atomic mass is 79.9. The van der Waals surface area contributed by atoms with Gasteiger partial charge in [-0.2, -0.15) is 0 Å². The van der Waals surface area contributed by atoms with E-state index in [1.807, 2.05) is 18.2 Å². The number of hydrogen-bond donors (Lipinski definition) is 4. The van der Waals surface area contributed by atoms with E-state index < -0.39 is 0 Å². The van der Waals surface area contributed by atoms with Gasteiger partial charge in [0.05, 0.1) is 0 Å². The van der Waals surface area contributed by atoms with E-state index in [1.54, 1.807) is 18.2 Å². The summed E-state index contributed by atoms with van der Waals surface area (Å²) in [7, 11) is 0. The standard InChI is InChI=1S/C18H23NO3.BrH/c1-13(2-3-14-4-7-16(20)8-5-14)19-11-10-15-6-9-17(21)18(22)12-15;/h4-9,12-13,19-22H,2-3,10-11H2,1H3;1H. The molecule has 4 N–H and O–H groups in total. The summed E-state index contributed by atoms with van der Waals surface area (Å²) in [6.45, 7) is 2.97. The molecule has 0 aliphatic heterocycles. The summed E-state index contributed by atoms with van der Waals surface area (Å²) in [6.07, 6.45) is 2.79. The van der Waals surface area contributed by atoms with E-state index in [2.05, 4.69) is 12.2 Å². The Hall–Kier alpha value is -1.72. The summed E-state index contributed by atoms with van der Waals surface area (Å²) < 4.78 is 0. The maximum atomic E-state index is 9.45. The number of rotatable bonds is 7. The van der Waals surface area contributed by atoms with Gasteiger partial charge in [0.1, 0.15) is 5.75 Å². The van der Waals surface area contributed by atoms with Crippen molar-refractivity contribution in [2.24, 2.45) is 0 Å². The molecule has 0 radical (unpaired) electrons. The van der Waals surface area contributed by atoms with Gasteiger partial charge in [-0.25, -0.2) is 0 Å². The predicted octanol–water partition coefficient (Wildman–Crippen LogP) is 3.53. The Bertz CT molecular complexity index is 602. The molecule has 0 amide bonds. The summed E-state index contributed by atoms with van der Waals surface area (Å²) in [5, 5.41) is 31.4. The van der Waals surface area contributed by atoms with Gasteiger partial charge in [0.2, 0.25) is 0 Å². The molecule has 0 aromatic heterocycles. The zero-order valence-electron chi connectivity index (χ0n) is 13.2. The highest BCUT2D eigenvalue weighted by Gasteiger charge is 2.04. The molecule has 0 fully saturated rings. The van der Waals surface area contributed by atoms with Gasteiger partial charge in [0.15, 0.2) is 11.5 Å². The van der Waals surface area contributed by atoms with Crippen molar-refractivity contribution < 1.29 is 15.3 Å². The van der Waals surface area contributed by atoms with E-state index in [-0.39, 0.29) is 28.5 Å². The van der Waals surface area contributed by atoms with E-state index in [0.717, 1.165) is 31.4 Å². The smallest absolute Gasteiger partial charge is 0.157 e. The fraction of sp³-hybridized carbons (Fsp3) is 0.333. The summed E-state index contributed by atoms with van der Waals surface area (Å²) in [6, 6.07) is 12.6. The van der Waals surface area contributed by atoms with Crippen LogP contribution in [0.15, 0.2) is 42.5 Å². The van der Waals surface area contributed by atoms with Crippen molar-refractivity contribution in [3.63, 3.8) is 0 Å². The predicted molar refractivity (Wildman–Crippen MR) is 97.7 cm³/mol. The third kappa shape index (κ3) is 6.50. The van der Waals surface area contributed by atoms with Crippen LogP contribution in [0.2, 0.25) is 0 Å². The normalized spacial score (nSPS) is 11.7. The molecule has 1 unspecified atom stereocenters. The van der Waals surface area contributed by atoms with Gasteiger partial charge in [-0.3, -0.25) is 0 Å². The quantitative estimate of drug-likeness (QED) is 0.553. The Balaban J connectivity index is 0.00000264. The van der Waals surface area contributed by atoms with Crippen molar-refractivity contribution in [3.8, 4) is 17.2 Å². The average Bonchev–Trinajstić information content (AvgIpc) is 2.50. The van der Waals surface area contributed by atoms with Crippen LogP contribution in [0.4, 0.5) is 0 Å². The third-order valence-corrected chi connectivity index (χ3v) is 3.75. The summed E-state index contributed by atoms with van der Waals surface area (Å²) in [5.74, 6) is 0.143. The Kier molecular flexibility index (Phi) is 7.92. The van der Waals surface area contributed by atoms with Crippen molar-refractivity contribution in [1.29, 1.82) is 0 Å². The molecule has 2 aromatic rings. The lowest BCUT2D eigenvalue weighted by Crippen LogP contribution is -2.28. The first-order valence-electron chi connectivity index (χ1n) is 7.57. The molecule has 4 nitrogen and oxygen atoms in total. The van der Waals surface area contributed by atoms with Crippen LogP contribution < -0.4 is 5.32 Å². The van der Waals surface area contributed by atoms with E-state index in [4.69, 9.17) is 0 Å². The molecule has 2 aromatic carbocycles. The summed E-state index contributed by atoms with van der Waals surface area (Å²) in [5.41, 5.74) is 2.21. The molecule has 0 bridgehead atoms. The second kappa shape index (κ2) is 9.43. The van der Waals surface area contributed by atoms with E-state index in [1.165, 1.54) is 11.6 Å². The molecule has 5 heteroatoms. The fourth-order valence-electron chi connectivity index (χ4n) is 2.34. The first-order valence-corrected chi connectivity index (χ1v) is 7.57. The fourth-order valence-corrected chi connectivity index (χ4v) is 2.34. The number of halogens is 1. The highest BCUT2D eigenvalue weighted by Crippen LogP contribution is 2.24. The van der Waals surface area contributed by atoms with E-state index in [9.17, 15) is 15.3 Å². The van der Waals surface area contributed by atoms with E-state index in [0.29, 0.717) is 11.8 Å². The molecule has 0 aliphatic rings. The molecular formula is C18H24BrNO3. The number of hydrogen-bond acceptors (Lipinski definition) is 4. The molecule has 0 saturated heterocycles. The van der Waals surface area contributed by atoms with Crippen molar-refractivity contribution in [3.05, 3.63) is 53.6 Å². The Morgan fingerprint density at radius 3 is 2.17 bits per heavy atom. The minimum atomic E-state index is -0.0843. The molecular weight excluding hydrogens is 358 g/mol. The monoisotopic (exact) mass is 381 g/mol. The van der Waals surface area contributed by atoms with Crippen LogP contribution >= 0.6 is 17.0 Å². The first-order chi connectivity index (χ1) is 10.5. The van der Waals surface area contributed by atoms with Crippen molar-refractivity contribution >= 4 is 17.0 Å². The molecule has 1 atom stereocenters. The SMILES string of the molecule is Br.CC(CCc1ccc(O)cc1)NCCc1ccc(O)c(O)c1. The van der Waals surface area contributed by atoms with Crippen molar-refractivity contribution in [2.75, 3.05) is 6.54 Å². The van der Waals surface area contributed by atoms with Gasteiger partial charge in [-0.05, 0) is 68.1 Å². The van der Waals surface area contributed by atoms with E-state index >= 15 is 0 Å². The number of aromatic hydroxyl groups is 3. The molecule has 0 heterocycles. The van der Waals surface area contributed by atoms with Crippen LogP contribution in [0, 0.1) is 0 Å². The van der Waals surface area contributed by atoms with Crippen molar-refractivity contribution in [1.82, 2.24) is 5.32 Å². The zero-order chi connectivity index (χ0) is 15.9. The van der Waals surface area contributed by atoms with Gasteiger partial charge in [0, 0.05) is 6.04 Å². The zero-order valence-corrected chi connectivity index (χ0v) is 14.9. The Morgan fingerprint density at radius 1 is 0.870 bits per heavy atom. The summed E-state index contributed by atoms with van der Waals surface area (Å²) >= 11 is 0. The molecule has 23 heavy (non-hydrogen) atoms. The second-order valence-corrected chi connectivity index (χ2v) is 5.63. The van der Waals surface area contributed by atoms with Crippen LogP contribution in [-0.2, 0) is 12.8 Å². The number of aryl methyl sites for hydroxylation is 1. The topological polar surface area (TPSA) is 72.7 Å². The van der Waals surface area contributed by atoms with Gasteiger partial charge >= 0.3 is 0 Å². The molecule has 2 rings (SSSR count). The minimum absolute atomic E-state index is 0. The maximum Gasteiger partial charge on any atom is 0.157 e. The van der Waals surface area contributed by atoms with Crippen LogP contribution in [0.1, 0.15) is 24.5 Å². The highest BCUT2D eigenvalue weighted by molar-refractivity contribution is 8.93. The Morgan fingerprint density at radius 2 is 1.52 bits per heavy atom. The van der Waals surface area contributed by atoms with Gasteiger partial charge in [-0.1, -0.05) is 18.2 Å². The average molecular weight is 382 g/mol. The maximum absolute atomic E-state index is 9.45. The van der Waals surface area contributed by atoms with Gasteiger partial charge < -0.3 is 20.6 Å². The first kappa shape index (κ1) is 19.3. The minimum Gasteiger partial charge on any atom is -0.508 e. The molecule has 0 spiro atoms. The van der Waals surface area contributed by atoms with Crippen LogP contribution in [0.3, 0.4) is 0 Å². The largest absolute Gasteiger partial charge is 0.508 e. The van der Waals surface area contributed by atoms with Crippen LogP contribution in [-0.4, -0.2) is 27.9 Å². The lowest BCUT2D eigenvalue weighted by molar-refractivity contribution is 0.403. The number of phenolic OH excluding ortho intramolecular Hbond substituents is 3.